The van der Waals surface area contributed by atoms with Gasteiger partial charge in [-0.3, -0.25) is 14.1 Å². The number of piperazine rings is 1. The van der Waals surface area contributed by atoms with Crippen LogP contribution in [0.2, 0.25) is 0 Å². The monoisotopic (exact) mass is 352 g/mol. The highest BCUT2D eigenvalue weighted by Crippen LogP contribution is 2.14. The molecule has 4 rings (SSSR count). The smallest absolute Gasteiger partial charge is 0.274 e. The first kappa shape index (κ1) is 16.1. The SMILES string of the molecule is O=C(c1cn2ccsc2n1)N1CCN(C/C=C/c2ccccc2)CC1. The molecule has 5 nitrogen and oxygen atoms in total. The fourth-order valence-corrected chi connectivity index (χ4v) is 3.73. The second-order valence-corrected chi connectivity index (χ2v) is 7.00. The fraction of sp³-hybridized carbons (Fsp3) is 0.263. The van der Waals surface area contributed by atoms with E-state index in [0.29, 0.717) is 5.69 Å². The number of fused-ring (bicyclic) bond motifs is 1. The molecule has 0 bridgehead atoms. The lowest BCUT2D eigenvalue weighted by Crippen LogP contribution is -2.48. The van der Waals surface area contributed by atoms with E-state index < -0.39 is 0 Å². The van der Waals surface area contributed by atoms with Crippen molar-refractivity contribution in [1.82, 2.24) is 19.2 Å². The molecule has 25 heavy (non-hydrogen) atoms. The van der Waals surface area contributed by atoms with E-state index in [1.54, 1.807) is 11.3 Å². The van der Waals surface area contributed by atoms with Gasteiger partial charge in [-0.1, -0.05) is 42.5 Å². The molecular formula is C19H20N4OS. The minimum atomic E-state index is 0.0374. The highest BCUT2D eigenvalue weighted by Gasteiger charge is 2.23. The lowest BCUT2D eigenvalue weighted by molar-refractivity contribution is 0.0645. The summed E-state index contributed by atoms with van der Waals surface area (Å²) in [4.78, 5) is 22.2. The van der Waals surface area contributed by atoms with Crippen LogP contribution in [-0.4, -0.2) is 57.8 Å². The maximum absolute atomic E-state index is 12.6. The Kier molecular flexibility index (Phi) is 4.63. The van der Waals surface area contributed by atoms with Crippen molar-refractivity contribution in [3.63, 3.8) is 0 Å². The Labute approximate surface area is 150 Å². The van der Waals surface area contributed by atoms with Crippen molar-refractivity contribution in [3.05, 3.63) is 65.4 Å². The molecule has 1 saturated heterocycles. The van der Waals surface area contributed by atoms with Crippen molar-refractivity contribution in [2.45, 2.75) is 0 Å². The summed E-state index contributed by atoms with van der Waals surface area (Å²) in [7, 11) is 0. The quantitative estimate of drug-likeness (QED) is 0.725. The summed E-state index contributed by atoms with van der Waals surface area (Å²) in [6.07, 6.45) is 8.09. The first-order valence-electron chi connectivity index (χ1n) is 8.45. The van der Waals surface area contributed by atoms with E-state index in [1.165, 1.54) is 5.56 Å². The summed E-state index contributed by atoms with van der Waals surface area (Å²) in [5.74, 6) is 0.0374. The summed E-state index contributed by atoms with van der Waals surface area (Å²) in [6.45, 7) is 4.21. The van der Waals surface area contributed by atoms with Crippen LogP contribution >= 0.6 is 11.3 Å². The van der Waals surface area contributed by atoms with Gasteiger partial charge in [-0.25, -0.2) is 4.98 Å². The van der Waals surface area contributed by atoms with E-state index in [1.807, 2.05) is 45.3 Å². The molecule has 1 aromatic carbocycles. The van der Waals surface area contributed by atoms with Crippen molar-refractivity contribution >= 4 is 28.3 Å². The minimum absolute atomic E-state index is 0.0374. The summed E-state index contributed by atoms with van der Waals surface area (Å²) in [5, 5.41) is 1.97. The number of benzene rings is 1. The molecule has 6 heteroatoms. The Hall–Kier alpha value is -2.44. The molecule has 0 N–H and O–H groups in total. The third kappa shape index (κ3) is 3.65. The largest absolute Gasteiger partial charge is 0.335 e. The third-order valence-corrected chi connectivity index (χ3v) is 5.22. The molecule has 0 saturated carbocycles. The van der Waals surface area contributed by atoms with E-state index in [-0.39, 0.29) is 5.91 Å². The number of amides is 1. The second kappa shape index (κ2) is 7.21. The number of carbonyl (C=O) groups is 1. The molecule has 128 valence electrons. The van der Waals surface area contributed by atoms with Crippen LogP contribution in [0.3, 0.4) is 0 Å². The van der Waals surface area contributed by atoms with Crippen LogP contribution < -0.4 is 0 Å². The van der Waals surface area contributed by atoms with E-state index in [2.05, 4.69) is 34.2 Å². The summed E-state index contributed by atoms with van der Waals surface area (Å²) in [5.41, 5.74) is 1.76. The van der Waals surface area contributed by atoms with Gasteiger partial charge >= 0.3 is 0 Å². The van der Waals surface area contributed by atoms with Crippen LogP contribution in [0.15, 0.2) is 54.2 Å². The molecule has 0 radical (unpaired) electrons. The van der Waals surface area contributed by atoms with E-state index >= 15 is 0 Å². The van der Waals surface area contributed by atoms with Crippen LogP contribution in [-0.2, 0) is 0 Å². The Balaban J connectivity index is 1.30. The van der Waals surface area contributed by atoms with Crippen LogP contribution in [0.25, 0.3) is 11.0 Å². The zero-order valence-corrected chi connectivity index (χ0v) is 14.7. The number of carbonyl (C=O) groups excluding carboxylic acids is 1. The number of aromatic nitrogens is 2. The van der Waals surface area contributed by atoms with Crippen molar-refractivity contribution in [2.75, 3.05) is 32.7 Å². The Bertz CT molecular complexity index is 847. The molecule has 0 atom stereocenters. The average molecular weight is 352 g/mol. The zero-order chi connectivity index (χ0) is 17.1. The number of rotatable bonds is 4. The average Bonchev–Trinajstić information content (AvgIpc) is 3.25. The predicted octanol–water partition coefficient (Wildman–Crippen LogP) is 2.87. The van der Waals surface area contributed by atoms with Gasteiger partial charge in [0.15, 0.2) is 4.96 Å². The topological polar surface area (TPSA) is 40.9 Å². The number of hydrogen-bond acceptors (Lipinski definition) is 4. The Morgan fingerprint density at radius 2 is 1.96 bits per heavy atom. The Morgan fingerprint density at radius 3 is 2.72 bits per heavy atom. The lowest BCUT2D eigenvalue weighted by atomic mass is 10.2. The van der Waals surface area contributed by atoms with Gasteiger partial charge in [0.1, 0.15) is 5.69 Å². The summed E-state index contributed by atoms with van der Waals surface area (Å²) in [6, 6.07) is 10.3. The standard InChI is InChI=1S/C19H20N4OS/c24-18(17-15-23-13-14-25-19(23)20-17)22-11-9-21(10-12-22)8-4-7-16-5-2-1-3-6-16/h1-7,13-15H,8-12H2/b7-4+. The van der Waals surface area contributed by atoms with Gasteiger partial charge in [-0.05, 0) is 5.56 Å². The highest BCUT2D eigenvalue weighted by atomic mass is 32.1. The molecule has 3 aromatic rings. The molecular weight excluding hydrogens is 332 g/mol. The van der Waals surface area contributed by atoms with E-state index in [9.17, 15) is 4.79 Å². The molecule has 0 spiro atoms. The van der Waals surface area contributed by atoms with Crippen molar-refractivity contribution in [2.24, 2.45) is 0 Å². The molecule has 2 aromatic heterocycles. The zero-order valence-electron chi connectivity index (χ0n) is 13.9. The summed E-state index contributed by atoms with van der Waals surface area (Å²) >= 11 is 1.55. The first-order chi connectivity index (χ1) is 12.3. The maximum Gasteiger partial charge on any atom is 0.274 e. The normalized spacial score (nSPS) is 16.1. The second-order valence-electron chi connectivity index (χ2n) is 6.12. The van der Waals surface area contributed by atoms with Crippen molar-refractivity contribution < 1.29 is 4.79 Å². The molecule has 0 unspecified atom stereocenters. The fourth-order valence-electron chi connectivity index (χ4n) is 3.03. The van der Waals surface area contributed by atoms with Crippen LogP contribution in [0.5, 0.6) is 0 Å². The number of thiazole rings is 1. The number of hydrogen-bond donors (Lipinski definition) is 0. The van der Waals surface area contributed by atoms with Gasteiger partial charge in [-0.2, -0.15) is 0 Å². The maximum atomic E-state index is 12.6. The molecule has 1 aliphatic rings. The Morgan fingerprint density at radius 1 is 1.16 bits per heavy atom. The molecule has 3 heterocycles. The van der Waals surface area contributed by atoms with Gasteiger partial charge in [0, 0.05) is 50.5 Å². The number of imidazole rings is 1. The van der Waals surface area contributed by atoms with Crippen molar-refractivity contribution in [1.29, 1.82) is 0 Å². The van der Waals surface area contributed by atoms with E-state index in [4.69, 9.17) is 0 Å². The van der Waals surface area contributed by atoms with Gasteiger partial charge in [-0.15, -0.1) is 11.3 Å². The van der Waals surface area contributed by atoms with Gasteiger partial charge in [0.2, 0.25) is 0 Å². The van der Waals surface area contributed by atoms with Crippen molar-refractivity contribution in [3.8, 4) is 0 Å². The predicted molar refractivity (Wildman–Crippen MR) is 101 cm³/mol. The molecule has 1 amide bonds. The van der Waals surface area contributed by atoms with Gasteiger partial charge in [0.05, 0.1) is 0 Å². The van der Waals surface area contributed by atoms with Crippen LogP contribution in [0, 0.1) is 0 Å². The molecule has 1 aliphatic heterocycles. The van der Waals surface area contributed by atoms with Crippen LogP contribution in [0.4, 0.5) is 0 Å². The summed E-state index contributed by atoms with van der Waals surface area (Å²) < 4.78 is 1.91. The lowest BCUT2D eigenvalue weighted by Gasteiger charge is -2.33. The molecule has 0 aliphatic carbocycles. The van der Waals surface area contributed by atoms with Gasteiger partial charge < -0.3 is 4.90 Å². The third-order valence-electron chi connectivity index (χ3n) is 4.45. The number of nitrogens with zero attached hydrogens (tertiary/aromatic N) is 4. The minimum Gasteiger partial charge on any atom is -0.335 e. The van der Waals surface area contributed by atoms with Gasteiger partial charge in [0.25, 0.3) is 5.91 Å². The highest BCUT2D eigenvalue weighted by molar-refractivity contribution is 7.15. The molecule has 1 fully saturated rings. The van der Waals surface area contributed by atoms with E-state index in [0.717, 1.165) is 37.7 Å². The first-order valence-corrected chi connectivity index (χ1v) is 9.33. The van der Waals surface area contributed by atoms with Crippen LogP contribution in [0.1, 0.15) is 16.1 Å².